The van der Waals surface area contributed by atoms with Crippen molar-refractivity contribution in [3.8, 4) is 0 Å². The molecule has 0 N–H and O–H groups in total. The molecule has 1 aromatic carbocycles. The fourth-order valence-electron chi connectivity index (χ4n) is 0.906. The van der Waals surface area contributed by atoms with E-state index in [4.69, 9.17) is 23.2 Å². The molecule has 0 saturated carbocycles. The van der Waals surface area contributed by atoms with E-state index in [1.54, 1.807) is 24.3 Å². The fourth-order valence-corrected chi connectivity index (χ4v) is 1.28. The highest BCUT2D eigenvalue weighted by Crippen LogP contribution is 2.26. The number of benzene rings is 1. The van der Waals surface area contributed by atoms with Crippen LogP contribution in [0.1, 0.15) is 5.56 Å². The lowest BCUT2D eigenvalue weighted by Gasteiger charge is -1.99. The maximum Gasteiger partial charge on any atom is 0.417 e. The van der Waals surface area contributed by atoms with E-state index < -0.39 is 0 Å². The Bertz CT molecular complexity index is 348. The predicted molar refractivity (Wildman–Crippen MR) is 57.1 cm³/mol. The summed E-state index contributed by atoms with van der Waals surface area (Å²) in [6.07, 6.45) is 3.38. The lowest BCUT2D eigenvalue weighted by Crippen LogP contribution is -1.85. The number of ether oxygens (including phenoxy) is 1. The van der Waals surface area contributed by atoms with Crippen molar-refractivity contribution in [2.24, 2.45) is 0 Å². The highest BCUT2D eigenvalue weighted by molar-refractivity contribution is 6.42. The molecule has 0 spiro atoms. The molecule has 0 bridgehead atoms. The maximum atomic E-state index is 9.71. The van der Waals surface area contributed by atoms with E-state index in [1.165, 1.54) is 6.47 Å². The van der Waals surface area contributed by atoms with E-state index in [-0.39, 0.29) is 6.61 Å². The van der Waals surface area contributed by atoms with Crippen LogP contribution in [0.3, 0.4) is 0 Å². The van der Waals surface area contributed by atoms with Gasteiger partial charge in [-0.15, -0.1) is 0 Å². The van der Waals surface area contributed by atoms with E-state index in [0.29, 0.717) is 10.0 Å². The van der Waals surface area contributed by atoms with Crippen molar-refractivity contribution in [1.29, 1.82) is 0 Å². The van der Waals surface area contributed by atoms with Crippen molar-refractivity contribution in [3.63, 3.8) is 0 Å². The zero-order chi connectivity index (χ0) is 10.4. The summed E-state index contributed by atoms with van der Waals surface area (Å²) in [5.74, 6) is 0. The zero-order valence-corrected chi connectivity index (χ0v) is 8.68. The molecule has 0 heterocycles. The maximum absolute atomic E-state index is 9.71. The molecule has 4 heteroatoms. The molecular weight excluding hydrogens is 223 g/mol. The average molecular weight is 230 g/mol. The van der Waals surface area contributed by atoms with Gasteiger partial charge in [-0.1, -0.05) is 41.4 Å². The first kappa shape index (κ1) is 11.1. The van der Waals surface area contributed by atoms with Gasteiger partial charge < -0.3 is 4.74 Å². The molecular formula is C10H7Cl2O2. The van der Waals surface area contributed by atoms with Gasteiger partial charge in [0.05, 0.1) is 10.0 Å². The second kappa shape index (κ2) is 5.68. The first-order chi connectivity index (χ1) is 6.75. The Hall–Kier alpha value is -0.990. The summed E-state index contributed by atoms with van der Waals surface area (Å²) in [5.41, 5.74) is 0.786. The summed E-state index contributed by atoms with van der Waals surface area (Å²) >= 11 is 11.7. The van der Waals surface area contributed by atoms with Crippen LogP contribution in [-0.4, -0.2) is 13.1 Å². The summed E-state index contributed by atoms with van der Waals surface area (Å²) in [5, 5.41) is 0.984. The average Bonchev–Trinajstić information content (AvgIpc) is 2.19. The van der Waals surface area contributed by atoms with Crippen molar-refractivity contribution in [2.45, 2.75) is 0 Å². The fraction of sp³-hybridized carbons (Fsp3) is 0.100. The molecule has 1 radical (unpaired) electrons. The van der Waals surface area contributed by atoms with Crippen LogP contribution in [0.5, 0.6) is 0 Å². The summed E-state index contributed by atoms with van der Waals surface area (Å²) in [6, 6.07) is 5.31. The second-order valence-corrected chi connectivity index (χ2v) is 3.22. The molecule has 14 heavy (non-hydrogen) atoms. The molecule has 0 atom stereocenters. The number of hydrogen-bond acceptors (Lipinski definition) is 2. The van der Waals surface area contributed by atoms with Crippen molar-refractivity contribution in [2.75, 3.05) is 6.61 Å². The number of halogens is 2. The second-order valence-electron chi connectivity index (χ2n) is 2.44. The van der Waals surface area contributed by atoms with Gasteiger partial charge in [0.2, 0.25) is 0 Å². The van der Waals surface area contributed by atoms with Gasteiger partial charge in [-0.2, -0.15) is 0 Å². The lowest BCUT2D eigenvalue weighted by atomic mass is 10.2. The Kier molecular flexibility index (Phi) is 4.50. The van der Waals surface area contributed by atoms with Crippen molar-refractivity contribution in [1.82, 2.24) is 0 Å². The molecule has 0 aromatic heterocycles. The van der Waals surface area contributed by atoms with Crippen LogP contribution in [0.25, 0.3) is 6.08 Å². The Morgan fingerprint density at radius 3 is 2.93 bits per heavy atom. The third kappa shape index (κ3) is 3.05. The largest absolute Gasteiger partial charge is 0.453 e. The molecule has 1 aromatic rings. The smallest absolute Gasteiger partial charge is 0.417 e. The van der Waals surface area contributed by atoms with Gasteiger partial charge in [-0.25, -0.2) is 4.79 Å². The van der Waals surface area contributed by atoms with Gasteiger partial charge in [0.25, 0.3) is 0 Å². The molecule has 73 valence electrons. The Morgan fingerprint density at radius 1 is 1.43 bits per heavy atom. The van der Waals surface area contributed by atoms with E-state index in [1.807, 2.05) is 6.07 Å². The van der Waals surface area contributed by atoms with Crippen molar-refractivity contribution >= 4 is 35.8 Å². The third-order valence-electron chi connectivity index (χ3n) is 1.52. The summed E-state index contributed by atoms with van der Waals surface area (Å²) < 4.78 is 4.36. The molecule has 0 saturated heterocycles. The number of rotatable bonds is 4. The molecule has 0 amide bonds. The topological polar surface area (TPSA) is 26.3 Å². The monoisotopic (exact) mass is 229 g/mol. The first-order valence-electron chi connectivity index (χ1n) is 3.85. The van der Waals surface area contributed by atoms with E-state index in [2.05, 4.69) is 4.74 Å². The normalized spacial score (nSPS) is 10.4. The minimum atomic E-state index is 0.173. The SMILES string of the molecule is O=[C]OCC=Cc1cccc(Cl)c1Cl. The Balaban J connectivity index is 2.71. The van der Waals surface area contributed by atoms with Crippen LogP contribution < -0.4 is 0 Å². The van der Waals surface area contributed by atoms with E-state index >= 15 is 0 Å². The highest BCUT2D eigenvalue weighted by atomic mass is 35.5. The number of hydrogen-bond donors (Lipinski definition) is 0. The highest BCUT2D eigenvalue weighted by Gasteiger charge is 1.99. The Morgan fingerprint density at radius 2 is 2.21 bits per heavy atom. The van der Waals surface area contributed by atoms with Crippen LogP contribution in [0, 0.1) is 0 Å². The van der Waals surface area contributed by atoms with Gasteiger partial charge in [-0.3, -0.25) is 0 Å². The number of carbonyl (C=O) groups excluding carboxylic acids is 1. The van der Waals surface area contributed by atoms with Gasteiger partial charge in [0.15, 0.2) is 0 Å². The van der Waals surface area contributed by atoms with Crippen LogP contribution in [0.4, 0.5) is 0 Å². The van der Waals surface area contributed by atoms with E-state index in [0.717, 1.165) is 5.56 Å². The molecule has 0 aliphatic rings. The van der Waals surface area contributed by atoms with E-state index in [9.17, 15) is 4.79 Å². The predicted octanol–water partition coefficient (Wildman–Crippen LogP) is 3.09. The van der Waals surface area contributed by atoms with Crippen LogP contribution >= 0.6 is 23.2 Å². The summed E-state index contributed by atoms with van der Waals surface area (Å²) in [4.78, 5) is 9.71. The van der Waals surface area contributed by atoms with Crippen LogP contribution in [0.2, 0.25) is 10.0 Å². The van der Waals surface area contributed by atoms with Gasteiger partial charge in [-0.05, 0) is 17.7 Å². The zero-order valence-electron chi connectivity index (χ0n) is 7.17. The van der Waals surface area contributed by atoms with Gasteiger partial charge >= 0.3 is 6.47 Å². The quantitative estimate of drug-likeness (QED) is 0.743. The minimum Gasteiger partial charge on any atom is -0.453 e. The summed E-state index contributed by atoms with van der Waals surface area (Å²) in [6.45, 7) is 1.49. The molecule has 0 unspecified atom stereocenters. The van der Waals surface area contributed by atoms with Crippen molar-refractivity contribution in [3.05, 3.63) is 39.9 Å². The van der Waals surface area contributed by atoms with Crippen molar-refractivity contribution < 1.29 is 9.53 Å². The molecule has 0 aliphatic heterocycles. The standard InChI is InChI=1S/C10H7Cl2O2/c11-9-5-1-3-8(10(9)12)4-2-6-14-7-13/h1-5H,6H2. The van der Waals surface area contributed by atoms with Crippen LogP contribution in [0.15, 0.2) is 24.3 Å². The summed E-state index contributed by atoms with van der Waals surface area (Å²) in [7, 11) is 0. The van der Waals surface area contributed by atoms with Crippen LogP contribution in [-0.2, 0) is 9.53 Å². The molecule has 0 aliphatic carbocycles. The third-order valence-corrected chi connectivity index (χ3v) is 2.35. The minimum absolute atomic E-state index is 0.173. The van der Waals surface area contributed by atoms with Gasteiger partial charge in [0, 0.05) is 0 Å². The van der Waals surface area contributed by atoms with Gasteiger partial charge in [0.1, 0.15) is 6.61 Å². The Labute approximate surface area is 92.1 Å². The molecule has 0 fully saturated rings. The first-order valence-corrected chi connectivity index (χ1v) is 4.61. The molecule has 2 nitrogen and oxygen atoms in total. The lowest BCUT2D eigenvalue weighted by molar-refractivity contribution is 0.314. The molecule has 1 rings (SSSR count).